The number of nitriles is 1. The van der Waals surface area contributed by atoms with E-state index in [2.05, 4.69) is 0 Å². The van der Waals surface area contributed by atoms with E-state index in [1.807, 2.05) is 0 Å². The van der Waals surface area contributed by atoms with E-state index in [0.717, 1.165) is 18.2 Å². The molecule has 0 aliphatic heterocycles. The zero-order chi connectivity index (χ0) is 14.6. The van der Waals surface area contributed by atoms with Crippen molar-refractivity contribution < 1.29 is 18.0 Å². The summed E-state index contributed by atoms with van der Waals surface area (Å²) in [4.78, 5) is 13.4. The average molecular weight is 268 g/mol. The number of Topliss-reactive ketones (excluding diaryl/α,β-unsaturated/α-hetero) is 1. The van der Waals surface area contributed by atoms with Crippen LogP contribution >= 0.6 is 0 Å². The third kappa shape index (κ3) is 3.85. The predicted octanol–water partition coefficient (Wildman–Crippen LogP) is 2.86. The molecule has 0 bridgehead atoms. The highest BCUT2D eigenvalue weighted by Crippen LogP contribution is 2.29. The lowest BCUT2D eigenvalue weighted by atomic mass is 10.0. The Kier molecular flexibility index (Phi) is 4.33. The first-order valence-corrected chi connectivity index (χ1v) is 5.26. The van der Waals surface area contributed by atoms with Gasteiger partial charge < -0.3 is 4.90 Å². The molecule has 0 aliphatic carbocycles. The first kappa shape index (κ1) is 14.8. The van der Waals surface area contributed by atoms with Gasteiger partial charge in [-0.3, -0.25) is 4.79 Å². The first-order chi connectivity index (χ1) is 8.75. The van der Waals surface area contributed by atoms with Crippen LogP contribution in [-0.4, -0.2) is 24.8 Å². The Bertz CT molecular complexity index is 554. The zero-order valence-corrected chi connectivity index (χ0v) is 10.3. The van der Waals surface area contributed by atoms with Crippen molar-refractivity contribution >= 4 is 5.78 Å². The minimum absolute atomic E-state index is 0.163. The van der Waals surface area contributed by atoms with Gasteiger partial charge in [-0.1, -0.05) is 12.1 Å². The van der Waals surface area contributed by atoms with Gasteiger partial charge >= 0.3 is 6.18 Å². The van der Waals surface area contributed by atoms with Crippen LogP contribution in [0.3, 0.4) is 0 Å². The predicted molar refractivity (Wildman–Crippen MR) is 63.2 cm³/mol. The van der Waals surface area contributed by atoms with Crippen LogP contribution in [0.4, 0.5) is 13.2 Å². The molecule has 0 fully saturated rings. The van der Waals surface area contributed by atoms with Gasteiger partial charge in [-0.25, -0.2) is 0 Å². The third-order valence-corrected chi connectivity index (χ3v) is 2.20. The van der Waals surface area contributed by atoms with Gasteiger partial charge in [0.1, 0.15) is 11.6 Å². The molecule has 100 valence electrons. The molecule has 0 radical (unpaired) electrons. The fourth-order valence-electron chi connectivity index (χ4n) is 1.39. The molecule has 0 N–H and O–H groups in total. The Morgan fingerprint density at radius 3 is 2.47 bits per heavy atom. The first-order valence-electron chi connectivity index (χ1n) is 5.26. The average Bonchev–Trinajstić information content (AvgIpc) is 2.34. The quantitative estimate of drug-likeness (QED) is 0.481. The summed E-state index contributed by atoms with van der Waals surface area (Å²) in [6.07, 6.45) is -3.25. The second-order valence-corrected chi connectivity index (χ2v) is 4.03. The van der Waals surface area contributed by atoms with Crippen LogP contribution in [-0.2, 0) is 6.18 Å². The van der Waals surface area contributed by atoms with Crippen LogP contribution in [0.5, 0.6) is 0 Å². The van der Waals surface area contributed by atoms with Crippen molar-refractivity contribution in [1.82, 2.24) is 4.90 Å². The number of allylic oxidation sites excluding steroid dienone is 1. The monoisotopic (exact) mass is 268 g/mol. The van der Waals surface area contributed by atoms with Gasteiger partial charge in [-0.2, -0.15) is 18.4 Å². The summed E-state index contributed by atoms with van der Waals surface area (Å²) < 4.78 is 37.6. The molecule has 19 heavy (non-hydrogen) atoms. The van der Waals surface area contributed by atoms with Gasteiger partial charge in [0.25, 0.3) is 0 Å². The maximum Gasteiger partial charge on any atom is 0.416 e. The van der Waals surface area contributed by atoms with Crippen LogP contribution in [0, 0.1) is 11.3 Å². The van der Waals surface area contributed by atoms with Crippen molar-refractivity contribution in [3.63, 3.8) is 0 Å². The van der Waals surface area contributed by atoms with E-state index in [1.165, 1.54) is 17.2 Å². The lowest BCUT2D eigenvalue weighted by Gasteiger charge is -2.09. The lowest BCUT2D eigenvalue weighted by molar-refractivity contribution is -0.137. The lowest BCUT2D eigenvalue weighted by Crippen LogP contribution is -2.11. The molecule has 0 aromatic heterocycles. The van der Waals surface area contributed by atoms with Gasteiger partial charge in [0, 0.05) is 25.9 Å². The topological polar surface area (TPSA) is 44.1 Å². The Labute approximate surface area is 108 Å². The van der Waals surface area contributed by atoms with Crippen molar-refractivity contribution in [3.8, 4) is 6.07 Å². The van der Waals surface area contributed by atoms with Gasteiger partial charge in [0.15, 0.2) is 0 Å². The number of nitrogens with zero attached hydrogens (tertiary/aromatic N) is 2. The van der Waals surface area contributed by atoms with Crippen LogP contribution in [0.2, 0.25) is 0 Å². The minimum Gasteiger partial charge on any atom is -0.382 e. The standard InChI is InChI=1S/C13H11F3N2O/c1-18(2)8-10(7-17)12(19)9-4-3-5-11(6-9)13(14,15)16/h3-6,8H,1-2H3/b10-8-. The fourth-order valence-corrected chi connectivity index (χ4v) is 1.39. The largest absolute Gasteiger partial charge is 0.416 e. The number of ketones is 1. The Morgan fingerprint density at radius 2 is 2.00 bits per heavy atom. The van der Waals surface area contributed by atoms with Crippen LogP contribution in [0.25, 0.3) is 0 Å². The summed E-state index contributed by atoms with van der Waals surface area (Å²) in [6, 6.07) is 5.68. The summed E-state index contributed by atoms with van der Waals surface area (Å²) in [6.45, 7) is 0. The highest BCUT2D eigenvalue weighted by atomic mass is 19.4. The molecule has 0 amide bonds. The van der Waals surface area contributed by atoms with E-state index in [1.54, 1.807) is 20.2 Å². The van der Waals surface area contributed by atoms with Crippen LogP contribution < -0.4 is 0 Å². The normalized spacial score (nSPS) is 11.9. The molecule has 6 heteroatoms. The molecule has 1 rings (SSSR count). The highest BCUT2D eigenvalue weighted by Gasteiger charge is 2.31. The van der Waals surface area contributed by atoms with Crippen molar-refractivity contribution in [2.75, 3.05) is 14.1 Å². The van der Waals surface area contributed by atoms with E-state index in [4.69, 9.17) is 5.26 Å². The number of hydrogen-bond donors (Lipinski definition) is 0. The number of rotatable bonds is 3. The SMILES string of the molecule is CN(C)/C=C(/C#N)C(=O)c1cccc(C(F)(F)F)c1. The molecule has 0 saturated heterocycles. The maximum absolute atomic E-state index is 12.5. The molecule has 0 atom stereocenters. The molecule has 3 nitrogen and oxygen atoms in total. The van der Waals surface area contributed by atoms with Crippen LogP contribution in [0.15, 0.2) is 36.0 Å². The summed E-state index contributed by atoms with van der Waals surface area (Å²) in [7, 11) is 3.22. The zero-order valence-electron chi connectivity index (χ0n) is 10.3. The number of halogens is 3. The molecule has 1 aromatic rings. The van der Waals surface area contributed by atoms with Crippen molar-refractivity contribution in [2.45, 2.75) is 6.18 Å². The van der Waals surface area contributed by atoms with Gasteiger partial charge in [0.05, 0.1) is 5.56 Å². The van der Waals surface area contributed by atoms with Crippen molar-refractivity contribution in [3.05, 3.63) is 47.2 Å². The van der Waals surface area contributed by atoms with E-state index >= 15 is 0 Å². The van der Waals surface area contributed by atoms with Crippen molar-refractivity contribution in [2.24, 2.45) is 0 Å². The number of carbonyl (C=O) groups excluding carboxylic acids is 1. The van der Waals surface area contributed by atoms with E-state index in [9.17, 15) is 18.0 Å². The van der Waals surface area contributed by atoms with Crippen LogP contribution in [0.1, 0.15) is 15.9 Å². The number of alkyl halides is 3. The summed E-state index contributed by atoms with van der Waals surface area (Å²) in [5.41, 5.74) is -1.30. The highest BCUT2D eigenvalue weighted by molar-refractivity contribution is 6.11. The summed E-state index contributed by atoms with van der Waals surface area (Å²) in [5.74, 6) is -0.734. The van der Waals surface area contributed by atoms with E-state index in [-0.39, 0.29) is 11.1 Å². The number of benzene rings is 1. The number of carbonyl (C=O) groups is 1. The van der Waals surface area contributed by atoms with Gasteiger partial charge in [-0.15, -0.1) is 0 Å². The van der Waals surface area contributed by atoms with Crippen molar-refractivity contribution in [1.29, 1.82) is 5.26 Å². The third-order valence-electron chi connectivity index (χ3n) is 2.20. The number of hydrogen-bond acceptors (Lipinski definition) is 3. The van der Waals surface area contributed by atoms with Gasteiger partial charge in [-0.05, 0) is 12.1 Å². The molecular weight excluding hydrogens is 257 g/mol. The summed E-state index contributed by atoms with van der Waals surface area (Å²) in [5, 5.41) is 8.85. The Hall–Kier alpha value is -2.29. The second kappa shape index (κ2) is 5.57. The molecular formula is C13H11F3N2O. The maximum atomic E-state index is 12.5. The molecule has 0 aliphatic rings. The van der Waals surface area contributed by atoms with Gasteiger partial charge in [0.2, 0.25) is 5.78 Å². The molecule has 0 heterocycles. The Balaban J connectivity index is 3.18. The van der Waals surface area contributed by atoms with E-state index < -0.39 is 17.5 Å². The smallest absolute Gasteiger partial charge is 0.382 e. The molecule has 0 spiro atoms. The van der Waals surface area contributed by atoms with E-state index in [0.29, 0.717) is 0 Å². The summed E-state index contributed by atoms with van der Waals surface area (Å²) >= 11 is 0. The minimum atomic E-state index is -4.52. The Morgan fingerprint density at radius 1 is 1.37 bits per heavy atom. The second-order valence-electron chi connectivity index (χ2n) is 4.03. The molecule has 1 aromatic carbocycles. The fraction of sp³-hybridized carbons (Fsp3) is 0.231. The molecule has 0 saturated carbocycles. The molecule has 0 unspecified atom stereocenters.